The predicted molar refractivity (Wildman–Crippen MR) is 130 cm³/mol. The van der Waals surface area contributed by atoms with Gasteiger partial charge in [0.15, 0.2) is 0 Å². The molecule has 7 heteroatoms. The third-order valence-electron chi connectivity index (χ3n) is 5.06. The summed E-state index contributed by atoms with van der Waals surface area (Å²) >= 11 is 6.29. The fraction of sp³-hybridized carbons (Fsp3) is 0.240. The Morgan fingerprint density at radius 3 is 2.34 bits per heavy atom. The summed E-state index contributed by atoms with van der Waals surface area (Å²) in [6.07, 6.45) is 1.59. The maximum atomic E-state index is 13.4. The molecule has 0 aliphatic carbocycles. The number of amides is 1. The summed E-state index contributed by atoms with van der Waals surface area (Å²) < 4.78 is 27.8. The number of hydrogen-bond donors (Lipinski definition) is 1. The molecule has 0 radical (unpaired) electrons. The smallest absolute Gasteiger partial charge is 0.264 e. The largest absolute Gasteiger partial charge is 0.355 e. The van der Waals surface area contributed by atoms with Gasteiger partial charge in [0.2, 0.25) is 5.91 Å². The van der Waals surface area contributed by atoms with E-state index < -0.39 is 10.0 Å². The second-order valence-corrected chi connectivity index (χ2v) is 9.99. The maximum absolute atomic E-state index is 13.4. The molecule has 0 heterocycles. The first-order valence-electron chi connectivity index (χ1n) is 10.4. The molecular weight excluding hydrogens is 444 g/mol. The quantitative estimate of drug-likeness (QED) is 0.452. The van der Waals surface area contributed by atoms with Crippen molar-refractivity contribution in [2.24, 2.45) is 0 Å². The van der Waals surface area contributed by atoms with E-state index in [1.54, 1.807) is 36.4 Å². The van der Waals surface area contributed by atoms with Gasteiger partial charge in [-0.1, -0.05) is 71.3 Å². The van der Waals surface area contributed by atoms with Crippen LogP contribution in [0.3, 0.4) is 0 Å². The normalized spacial score (nSPS) is 11.2. The summed E-state index contributed by atoms with van der Waals surface area (Å²) in [5, 5.41) is 3.09. The highest BCUT2D eigenvalue weighted by atomic mass is 35.5. The Bertz CT molecular complexity index is 1180. The summed E-state index contributed by atoms with van der Waals surface area (Å²) in [5.74, 6) is -0.384. The summed E-state index contributed by atoms with van der Waals surface area (Å²) in [4.78, 5) is 12.8. The summed E-state index contributed by atoms with van der Waals surface area (Å²) in [7, 11) is -3.98. The minimum Gasteiger partial charge on any atom is -0.355 e. The lowest BCUT2D eigenvalue weighted by atomic mass is 10.1. The van der Waals surface area contributed by atoms with Gasteiger partial charge < -0.3 is 5.32 Å². The van der Waals surface area contributed by atoms with Crippen molar-refractivity contribution in [3.8, 4) is 0 Å². The van der Waals surface area contributed by atoms with Crippen LogP contribution < -0.4 is 9.62 Å². The number of carbonyl (C=O) groups is 1. The molecule has 1 amide bonds. The van der Waals surface area contributed by atoms with Crippen molar-refractivity contribution in [1.29, 1.82) is 0 Å². The number of carbonyl (C=O) groups excluding carboxylic acids is 1. The molecule has 5 nitrogen and oxygen atoms in total. The molecule has 0 spiro atoms. The van der Waals surface area contributed by atoms with Crippen molar-refractivity contribution in [2.45, 2.75) is 31.6 Å². The van der Waals surface area contributed by atoms with E-state index in [-0.39, 0.29) is 28.1 Å². The average Bonchev–Trinajstić information content (AvgIpc) is 2.76. The van der Waals surface area contributed by atoms with Crippen molar-refractivity contribution in [2.75, 3.05) is 17.4 Å². The Kier molecular flexibility index (Phi) is 7.94. The third kappa shape index (κ3) is 6.11. The number of sulfonamides is 1. The fourth-order valence-corrected chi connectivity index (χ4v) is 5.09. The molecule has 32 heavy (non-hydrogen) atoms. The van der Waals surface area contributed by atoms with Gasteiger partial charge in [0, 0.05) is 6.54 Å². The first kappa shape index (κ1) is 23.8. The molecule has 0 saturated carbocycles. The van der Waals surface area contributed by atoms with Gasteiger partial charge >= 0.3 is 0 Å². The minimum atomic E-state index is -3.98. The van der Waals surface area contributed by atoms with Gasteiger partial charge in [-0.25, -0.2) is 8.42 Å². The van der Waals surface area contributed by atoms with Crippen LogP contribution in [0.2, 0.25) is 5.02 Å². The standard InChI is InChI=1S/C25H27ClN2O3S/c1-19-12-14-22(15-13-19)32(30,31)28(24-11-4-3-10-23(24)26)18-25(29)27-16-6-9-21-8-5-7-20(2)17-21/h3-5,7-8,10-15,17H,6,9,16,18H2,1-2H3,(H,27,29). The zero-order valence-corrected chi connectivity index (χ0v) is 19.8. The minimum absolute atomic E-state index is 0.107. The van der Waals surface area contributed by atoms with Crippen molar-refractivity contribution >= 4 is 33.2 Å². The number of nitrogens with zero attached hydrogens (tertiary/aromatic N) is 1. The van der Waals surface area contributed by atoms with Gasteiger partial charge in [-0.2, -0.15) is 0 Å². The van der Waals surface area contributed by atoms with Crippen molar-refractivity contribution in [1.82, 2.24) is 5.32 Å². The molecule has 168 valence electrons. The summed E-state index contributed by atoms with van der Waals surface area (Å²) in [5.41, 5.74) is 3.62. The first-order valence-corrected chi connectivity index (χ1v) is 12.3. The lowest BCUT2D eigenvalue weighted by molar-refractivity contribution is -0.119. The zero-order valence-electron chi connectivity index (χ0n) is 18.2. The number of aryl methyl sites for hydroxylation is 3. The van der Waals surface area contributed by atoms with E-state index in [0.717, 1.165) is 22.7 Å². The van der Waals surface area contributed by atoms with Gasteiger partial charge in [0.1, 0.15) is 6.54 Å². The molecule has 0 aromatic heterocycles. The SMILES string of the molecule is Cc1ccc(S(=O)(=O)N(CC(=O)NCCCc2cccc(C)c2)c2ccccc2Cl)cc1. The third-order valence-corrected chi connectivity index (χ3v) is 7.16. The van der Waals surface area contributed by atoms with Crippen LogP contribution >= 0.6 is 11.6 Å². The van der Waals surface area contributed by atoms with Gasteiger partial charge in [-0.3, -0.25) is 9.10 Å². The molecule has 0 fully saturated rings. The molecule has 0 aliphatic rings. The van der Waals surface area contributed by atoms with E-state index in [1.165, 1.54) is 23.3 Å². The van der Waals surface area contributed by atoms with Gasteiger partial charge in [-0.05, 0) is 56.5 Å². The maximum Gasteiger partial charge on any atom is 0.264 e. The molecule has 3 aromatic rings. The van der Waals surface area contributed by atoms with Crippen LogP contribution in [0.5, 0.6) is 0 Å². The van der Waals surface area contributed by atoms with Gasteiger partial charge in [0.25, 0.3) is 10.0 Å². The predicted octanol–water partition coefficient (Wildman–Crippen LogP) is 4.90. The number of anilines is 1. The van der Waals surface area contributed by atoms with Crippen LogP contribution in [0.25, 0.3) is 0 Å². The summed E-state index contributed by atoms with van der Waals surface area (Å²) in [6, 6.07) is 21.4. The Labute approximate surface area is 195 Å². The topological polar surface area (TPSA) is 66.5 Å². The Balaban J connectivity index is 1.72. The monoisotopic (exact) mass is 470 g/mol. The highest BCUT2D eigenvalue weighted by molar-refractivity contribution is 7.92. The molecular formula is C25H27ClN2O3S. The van der Waals surface area contributed by atoms with E-state index in [2.05, 4.69) is 17.4 Å². The van der Waals surface area contributed by atoms with E-state index in [0.29, 0.717) is 6.54 Å². The zero-order chi connectivity index (χ0) is 23.1. The highest BCUT2D eigenvalue weighted by Gasteiger charge is 2.28. The average molecular weight is 471 g/mol. The van der Waals surface area contributed by atoms with E-state index in [9.17, 15) is 13.2 Å². The van der Waals surface area contributed by atoms with Crippen molar-refractivity contribution in [3.05, 3.63) is 94.5 Å². The van der Waals surface area contributed by atoms with Crippen LogP contribution in [0.1, 0.15) is 23.1 Å². The van der Waals surface area contributed by atoms with Crippen molar-refractivity contribution < 1.29 is 13.2 Å². The molecule has 0 unspecified atom stereocenters. The molecule has 0 bridgehead atoms. The number of rotatable bonds is 9. The summed E-state index contributed by atoms with van der Waals surface area (Å²) in [6.45, 7) is 4.02. The molecule has 3 rings (SSSR count). The Morgan fingerprint density at radius 2 is 1.66 bits per heavy atom. The van der Waals surface area contributed by atoms with E-state index in [1.807, 2.05) is 26.0 Å². The van der Waals surface area contributed by atoms with Crippen LogP contribution in [0.15, 0.2) is 77.7 Å². The molecule has 0 aliphatic heterocycles. The molecule has 3 aromatic carbocycles. The second kappa shape index (κ2) is 10.7. The fourth-order valence-electron chi connectivity index (χ4n) is 3.37. The van der Waals surface area contributed by atoms with Gasteiger partial charge in [0.05, 0.1) is 15.6 Å². The molecule has 0 atom stereocenters. The molecule has 0 saturated heterocycles. The highest BCUT2D eigenvalue weighted by Crippen LogP contribution is 2.30. The number of benzene rings is 3. The van der Waals surface area contributed by atoms with Crippen LogP contribution in [0, 0.1) is 13.8 Å². The number of nitrogens with one attached hydrogen (secondary N) is 1. The number of hydrogen-bond acceptors (Lipinski definition) is 3. The van der Waals surface area contributed by atoms with Crippen LogP contribution in [-0.4, -0.2) is 27.4 Å². The van der Waals surface area contributed by atoms with Crippen molar-refractivity contribution in [3.63, 3.8) is 0 Å². The van der Waals surface area contributed by atoms with E-state index in [4.69, 9.17) is 11.6 Å². The van der Waals surface area contributed by atoms with Crippen LogP contribution in [-0.2, 0) is 21.2 Å². The Morgan fingerprint density at radius 1 is 0.938 bits per heavy atom. The number of para-hydroxylation sites is 1. The lowest BCUT2D eigenvalue weighted by Gasteiger charge is -2.25. The number of halogens is 1. The Hall–Kier alpha value is -2.83. The van der Waals surface area contributed by atoms with Crippen LogP contribution in [0.4, 0.5) is 5.69 Å². The lowest BCUT2D eigenvalue weighted by Crippen LogP contribution is -2.41. The van der Waals surface area contributed by atoms with E-state index >= 15 is 0 Å². The molecule has 1 N–H and O–H groups in total. The van der Waals surface area contributed by atoms with Gasteiger partial charge in [-0.15, -0.1) is 0 Å². The second-order valence-electron chi connectivity index (χ2n) is 7.72. The first-order chi connectivity index (χ1) is 15.3.